The molecule has 2 heterocycles. The van der Waals surface area contributed by atoms with Gasteiger partial charge in [0, 0.05) is 56.1 Å². The van der Waals surface area contributed by atoms with Gasteiger partial charge in [-0.2, -0.15) is 0 Å². The molecule has 254 valence electrons. The summed E-state index contributed by atoms with van der Waals surface area (Å²) in [4.78, 5) is 60.0. The van der Waals surface area contributed by atoms with Gasteiger partial charge in [0.05, 0.1) is 24.7 Å². The summed E-state index contributed by atoms with van der Waals surface area (Å²) < 4.78 is 28.2. The largest absolute Gasteiger partial charge is 0.491 e. The molecule has 14 nitrogen and oxygen atoms in total. The first-order valence-corrected chi connectivity index (χ1v) is 15.4. The number of nitrogens with one attached hydrogen (secondary N) is 1. The molecule has 46 heavy (non-hydrogen) atoms. The fourth-order valence-corrected chi connectivity index (χ4v) is 4.52. The number of carboxylic acids is 1. The number of carbonyl (C=O) groups excluding carboxylic acids is 4. The SMILES string of the molecule is CC(C)(C)C(=O)OCc1ccc(OC2CC(O)CC(C(=O)O)O2)cc1OCCOCCNC(=O)CCCCCN1C(=O)C=CC1=O. The number of rotatable bonds is 18. The van der Waals surface area contributed by atoms with Crippen LogP contribution in [0, 0.1) is 5.41 Å². The molecule has 0 bridgehead atoms. The van der Waals surface area contributed by atoms with E-state index in [2.05, 4.69) is 5.32 Å². The van der Waals surface area contributed by atoms with E-state index in [4.69, 9.17) is 23.7 Å². The van der Waals surface area contributed by atoms with E-state index in [0.29, 0.717) is 55.8 Å². The Hall–Kier alpha value is -4.01. The van der Waals surface area contributed by atoms with E-state index < -0.39 is 29.9 Å². The van der Waals surface area contributed by atoms with Crippen LogP contribution >= 0.6 is 0 Å². The number of esters is 1. The molecule has 3 N–H and O–H groups in total. The number of carboxylic acid groups (broad SMARTS) is 1. The van der Waals surface area contributed by atoms with Crippen molar-refractivity contribution >= 4 is 29.7 Å². The monoisotopic (exact) mass is 648 g/mol. The Balaban J connectivity index is 1.40. The van der Waals surface area contributed by atoms with Crippen LogP contribution < -0.4 is 14.8 Å². The molecule has 14 heteroatoms. The standard InChI is InChI=1S/C32H44N2O12/c1-32(2,3)31(41)44-20-21-8-9-23(45-29-18-22(35)17-25(46-29)30(39)40)19-24(21)43-16-15-42-14-12-33-26(36)7-5-4-6-13-34-27(37)10-11-28(34)38/h8-11,19,22,25,29,35H,4-7,12-18,20H2,1-3H3,(H,33,36)(H,39,40). The van der Waals surface area contributed by atoms with Crippen LogP contribution in [0.15, 0.2) is 30.4 Å². The number of unbranched alkanes of at least 4 members (excludes halogenated alkanes) is 2. The van der Waals surface area contributed by atoms with Crippen LogP contribution in [0.25, 0.3) is 0 Å². The predicted octanol–water partition coefficient (Wildman–Crippen LogP) is 2.10. The molecule has 1 fully saturated rings. The summed E-state index contributed by atoms with van der Waals surface area (Å²) >= 11 is 0. The number of aliphatic hydroxyl groups excluding tert-OH is 1. The molecule has 0 radical (unpaired) electrons. The van der Waals surface area contributed by atoms with Crippen molar-refractivity contribution in [1.29, 1.82) is 0 Å². The molecule has 1 aromatic rings. The van der Waals surface area contributed by atoms with Crippen molar-refractivity contribution in [3.63, 3.8) is 0 Å². The van der Waals surface area contributed by atoms with Gasteiger partial charge in [0.25, 0.3) is 11.8 Å². The van der Waals surface area contributed by atoms with Crippen molar-refractivity contribution in [3.05, 3.63) is 35.9 Å². The second kappa shape index (κ2) is 17.6. The molecule has 1 saturated heterocycles. The van der Waals surface area contributed by atoms with Crippen molar-refractivity contribution in [2.75, 3.05) is 32.9 Å². The third kappa shape index (κ3) is 12.1. The Labute approximate surface area is 267 Å². The molecule has 3 atom stereocenters. The first-order chi connectivity index (χ1) is 21.8. The quantitative estimate of drug-likeness (QED) is 0.120. The van der Waals surface area contributed by atoms with E-state index in [-0.39, 0.29) is 63.0 Å². The molecule has 0 spiro atoms. The lowest BCUT2D eigenvalue weighted by Crippen LogP contribution is -2.42. The highest BCUT2D eigenvalue weighted by atomic mass is 16.7. The zero-order valence-corrected chi connectivity index (χ0v) is 26.5. The first kappa shape index (κ1) is 36.5. The summed E-state index contributed by atoms with van der Waals surface area (Å²) in [6.07, 6.45) is 1.81. The van der Waals surface area contributed by atoms with Crippen LogP contribution in [-0.4, -0.2) is 96.2 Å². The van der Waals surface area contributed by atoms with Gasteiger partial charge >= 0.3 is 11.9 Å². The average molecular weight is 649 g/mol. The molecule has 0 saturated carbocycles. The fraction of sp³-hybridized carbons (Fsp3) is 0.594. The number of carbonyl (C=O) groups is 5. The van der Waals surface area contributed by atoms with Crippen molar-refractivity contribution in [1.82, 2.24) is 10.2 Å². The van der Waals surface area contributed by atoms with Crippen LogP contribution in [0.1, 0.15) is 64.9 Å². The van der Waals surface area contributed by atoms with E-state index in [1.807, 2.05) is 0 Å². The highest BCUT2D eigenvalue weighted by Gasteiger charge is 2.34. The first-order valence-electron chi connectivity index (χ1n) is 15.4. The number of aliphatic carboxylic acids is 1. The van der Waals surface area contributed by atoms with E-state index in [1.54, 1.807) is 39.0 Å². The maximum absolute atomic E-state index is 12.3. The van der Waals surface area contributed by atoms with E-state index in [9.17, 15) is 34.2 Å². The minimum atomic E-state index is -1.19. The molecular formula is C32H44N2O12. The Morgan fingerprint density at radius 2 is 1.76 bits per heavy atom. The molecule has 0 aromatic heterocycles. The molecular weight excluding hydrogens is 604 g/mol. The number of imide groups is 1. The minimum absolute atomic E-state index is 0.0311. The maximum atomic E-state index is 12.3. The molecule has 1 aromatic carbocycles. The third-order valence-corrected chi connectivity index (χ3v) is 7.06. The number of benzene rings is 1. The number of amides is 3. The van der Waals surface area contributed by atoms with Gasteiger partial charge in [-0.1, -0.05) is 6.42 Å². The smallest absolute Gasteiger partial charge is 0.333 e. The number of hydrogen-bond donors (Lipinski definition) is 3. The van der Waals surface area contributed by atoms with Crippen molar-refractivity contribution in [3.8, 4) is 11.5 Å². The van der Waals surface area contributed by atoms with Gasteiger partial charge in [-0.3, -0.25) is 24.1 Å². The second-order valence-corrected chi connectivity index (χ2v) is 12.0. The number of hydrogen-bond acceptors (Lipinski definition) is 11. The Morgan fingerprint density at radius 3 is 2.46 bits per heavy atom. The summed E-state index contributed by atoms with van der Waals surface area (Å²) in [5.41, 5.74) is -0.123. The lowest BCUT2D eigenvalue weighted by molar-refractivity contribution is -0.195. The van der Waals surface area contributed by atoms with Crippen LogP contribution in [0.5, 0.6) is 11.5 Å². The highest BCUT2D eigenvalue weighted by molar-refractivity contribution is 6.12. The lowest BCUT2D eigenvalue weighted by atomic mass is 9.97. The van der Waals surface area contributed by atoms with Gasteiger partial charge in [0.2, 0.25) is 12.2 Å². The zero-order chi connectivity index (χ0) is 33.7. The molecule has 2 aliphatic rings. The second-order valence-electron chi connectivity index (χ2n) is 12.0. The van der Waals surface area contributed by atoms with Crippen LogP contribution in [0.3, 0.4) is 0 Å². The van der Waals surface area contributed by atoms with Crippen LogP contribution in [0.2, 0.25) is 0 Å². The molecule has 2 aliphatic heterocycles. The highest BCUT2D eigenvalue weighted by Crippen LogP contribution is 2.30. The van der Waals surface area contributed by atoms with Gasteiger partial charge in [0.1, 0.15) is 24.7 Å². The molecule has 3 amide bonds. The van der Waals surface area contributed by atoms with Gasteiger partial charge in [-0.05, 0) is 45.7 Å². The summed E-state index contributed by atoms with van der Waals surface area (Å²) in [5.74, 6) is -1.64. The van der Waals surface area contributed by atoms with E-state index in [0.717, 1.165) is 0 Å². The Bertz CT molecular complexity index is 1240. The number of aliphatic hydroxyl groups is 1. The fourth-order valence-electron chi connectivity index (χ4n) is 4.52. The number of nitrogens with zero attached hydrogens (tertiary/aromatic N) is 1. The summed E-state index contributed by atoms with van der Waals surface area (Å²) in [7, 11) is 0. The molecule has 0 aliphatic carbocycles. The minimum Gasteiger partial charge on any atom is -0.491 e. The predicted molar refractivity (Wildman–Crippen MR) is 162 cm³/mol. The van der Waals surface area contributed by atoms with Crippen LogP contribution in [0.4, 0.5) is 0 Å². The lowest BCUT2D eigenvalue weighted by Gasteiger charge is -2.31. The average Bonchev–Trinajstić information content (AvgIpc) is 3.31. The van der Waals surface area contributed by atoms with E-state index in [1.165, 1.54) is 17.1 Å². The molecule has 3 unspecified atom stereocenters. The maximum Gasteiger partial charge on any atom is 0.333 e. The normalized spacial score (nSPS) is 19.7. The third-order valence-electron chi connectivity index (χ3n) is 7.06. The number of ether oxygens (including phenoxy) is 5. The summed E-state index contributed by atoms with van der Waals surface area (Å²) in [5, 5.41) is 22.1. The Kier molecular flexibility index (Phi) is 14.0. The van der Waals surface area contributed by atoms with Gasteiger partial charge < -0.3 is 39.2 Å². The van der Waals surface area contributed by atoms with Gasteiger partial charge in [-0.25, -0.2) is 4.79 Å². The van der Waals surface area contributed by atoms with Crippen molar-refractivity contribution < 1.29 is 57.9 Å². The topological polar surface area (TPSA) is 187 Å². The molecule has 3 rings (SSSR count). The van der Waals surface area contributed by atoms with E-state index >= 15 is 0 Å². The van der Waals surface area contributed by atoms with Gasteiger partial charge in [0.15, 0.2) is 6.10 Å². The van der Waals surface area contributed by atoms with Crippen molar-refractivity contribution in [2.24, 2.45) is 5.41 Å². The Morgan fingerprint density at radius 1 is 1.02 bits per heavy atom. The summed E-state index contributed by atoms with van der Waals surface area (Å²) in [6, 6.07) is 4.84. The van der Waals surface area contributed by atoms with Crippen LogP contribution in [-0.2, 0) is 44.8 Å². The van der Waals surface area contributed by atoms with Gasteiger partial charge in [-0.15, -0.1) is 0 Å². The summed E-state index contributed by atoms with van der Waals surface area (Å²) in [6.45, 7) is 6.42. The zero-order valence-electron chi connectivity index (χ0n) is 26.5. The van der Waals surface area contributed by atoms with Crippen molar-refractivity contribution in [2.45, 2.75) is 84.4 Å².